The van der Waals surface area contributed by atoms with E-state index >= 15 is 0 Å². The van der Waals surface area contributed by atoms with Gasteiger partial charge in [0.15, 0.2) is 0 Å². The molecule has 112 valence electrons. The van der Waals surface area contributed by atoms with Crippen LogP contribution in [0.3, 0.4) is 0 Å². The zero-order valence-corrected chi connectivity index (χ0v) is 13.1. The maximum Gasteiger partial charge on any atom is 0.329 e. The van der Waals surface area contributed by atoms with E-state index in [-0.39, 0.29) is 0 Å². The fourth-order valence-electron chi connectivity index (χ4n) is 2.97. The molecule has 0 aliphatic heterocycles. The first-order valence-electron chi connectivity index (χ1n) is 7.56. The van der Waals surface area contributed by atoms with E-state index in [1.54, 1.807) is 13.8 Å². The number of hydrogen-bond donors (Lipinski definition) is 1. The van der Waals surface area contributed by atoms with Crippen LogP contribution in [0.1, 0.15) is 56.0 Å². The summed E-state index contributed by atoms with van der Waals surface area (Å²) in [5.74, 6) is 0.519. The third-order valence-corrected chi connectivity index (χ3v) is 4.85. The summed E-state index contributed by atoms with van der Waals surface area (Å²) in [5.41, 5.74) is 3.23. The Hall–Kier alpha value is -1.84. The third kappa shape index (κ3) is 2.04. The molecule has 21 heavy (non-hydrogen) atoms. The van der Waals surface area contributed by atoms with Crippen LogP contribution in [-0.4, -0.2) is 20.6 Å². The van der Waals surface area contributed by atoms with Crippen LogP contribution >= 0.6 is 0 Å². The predicted octanol–water partition coefficient (Wildman–Crippen LogP) is 3.74. The fourth-order valence-corrected chi connectivity index (χ4v) is 2.97. The van der Waals surface area contributed by atoms with Gasteiger partial charge in [0.1, 0.15) is 11.4 Å². The molecule has 0 radical (unpaired) electrons. The highest BCUT2D eigenvalue weighted by Gasteiger charge is 2.36. The number of nitrogens with zero attached hydrogens (tertiary/aromatic N) is 2. The second-order valence-corrected chi connectivity index (χ2v) is 6.72. The van der Waals surface area contributed by atoms with Gasteiger partial charge in [-0.3, -0.25) is 0 Å². The lowest BCUT2D eigenvalue weighted by atomic mass is 9.84. The second-order valence-electron chi connectivity index (χ2n) is 6.72. The van der Waals surface area contributed by atoms with Crippen LogP contribution < -0.4 is 0 Å². The van der Waals surface area contributed by atoms with Crippen LogP contribution in [0.5, 0.6) is 0 Å². The van der Waals surface area contributed by atoms with Crippen molar-refractivity contribution < 1.29 is 9.90 Å². The summed E-state index contributed by atoms with van der Waals surface area (Å²) in [4.78, 5) is 16.5. The molecular weight excluding hydrogens is 264 g/mol. The van der Waals surface area contributed by atoms with Crippen LogP contribution in [0, 0.1) is 13.8 Å². The van der Waals surface area contributed by atoms with Crippen molar-refractivity contribution in [2.24, 2.45) is 0 Å². The van der Waals surface area contributed by atoms with E-state index in [1.807, 2.05) is 4.57 Å². The SMILES string of the molecule is Cc1cc2nc(C3CCC3)n(C(C)(C)C(=O)O)c2cc1C. The summed E-state index contributed by atoms with van der Waals surface area (Å²) >= 11 is 0. The standard InChI is InChI=1S/C17H22N2O2/c1-10-8-13-14(9-11(10)2)19(17(3,4)16(20)21)15(18-13)12-6-5-7-12/h8-9,12H,5-7H2,1-4H3,(H,20,21). The van der Waals surface area contributed by atoms with Gasteiger partial charge in [0.25, 0.3) is 0 Å². The zero-order chi connectivity index (χ0) is 15.4. The quantitative estimate of drug-likeness (QED) is 0.935. The Balaban J connectivity index is 2.32. The molecule has 1 heterocycles. The third-order valence-electron chi connectivity index (χ3n) is 4.85. The van der Waals surface area contributed by atoms with Crippen molar-refractivity contribution in [1.29, 1.82) is 0 Å². The number of fused-ring (bicyclic) bond motifs is 1. The number of carbonyl (C=O) groups is 1. The number of rotatable bonds is 3. The van der Waals surface area contributed by atoms with Crippen LogP contribution in [0.15, 0.2) is 12.1 Å². The van der Waals surface area contributed by atoms with E-state index in [0.717, 1.165) is 29.7 Å². The highest BCUT2D eigenvalue weighted by molar-refractivity contribution is 5.83. The van der Waals surface area contributed by atoms with Gasteiger partial charge in [-0.05, 0) is 63.8 Å². The highest BCUT2D eigenvalue weighted by Crippen LogP contribution is 2.40. The minimum absolute atomic E-state index is 0.400. The van der Waals surface area contributed by atoms with E-state index in [2.05, 4.69) is 26.0 Å². The van der Waals surface area contributed by atoms with Gasteiger partial charge in [0, 0.05) is 5.92 Å². The second kappa shape index (κ2) is 4.58. The van der Waals surface area contributed by atoms with Crippen molar-refractivity contribution in [3.63, 3.8) is 0 Å². The molecule has 1 aromatic heterocycles. The summed E-state index contributed by atoms with van der Waals surface area (Å²) in [6, 6.07) is 4.14. The minimum atomic E-state index is -0.985. The Kier molecular flexibility index (Phi) is 3.08. The molecule has 0 bridgehead atoms. The van der Waals surface area contributed by atoms with Crippen molar-refractivity contribution in [3.8, 4) is 0 Å². The molecule has 1 fully saturated rings. The largest absolute Gasteiger partial charge is 0.480 e. The lowest BCUT2D eigenvalue weighted by Gasteiger charge is -2.31. The molecular formula is C17H22N2O2. The van der Waals surface area contributed by atoms with Gasteiger partial charge < -0.3 is 9.67 Å². The number of benzene rings is 1. The zero-order valence-electron chi connectivity index (χ0n) is 13.1. The first-order chi connectivity index (χ1) is 9.82. The summed E-state index contributed by atoms with van der Waals surface area (Å²) in [6.07, 6.45) is 3.42. The van der Waals surface area contributed by atoms with Gasteiger partial charge in [0.2, 0.25) is 0 Å². The van der Waals surface area contributed by atoms with E-state index < -0.39 is 11.5 Å². The number of aromatic nitrogens is 2. The molecule has 0 unspecified atom stereocenters. The molecule has 1 aliphatic rings. The van der Waals surface area contributed by atoms with Crippen LogP contribution in [0.2, 0.25) is 0 Å². The van der Waals surface area contributed by atoms with E-state index in [4.69, 9.17) is 4.98 Å². The van der Waals surface area contributed by atoms with Crippen molar-refractivity contribution in [2.45, 2.75) is 58.4 Å². The number of hydrogen-bond acceptors (Lipinski definition) is 2. The van der Waals surface area contributed by atoms with Gasteiger partial charge in [-0.15, -0.1) is 0 Å². The molecule has 3 rings (SSSR count). The smallest absolute Gasteiger partial charge is 0.329 e. The van der Waals surface area contributed by atoms with E-state index in [0.29, 0.717) is 5.92 Å². The lowest BCUT2D eigenvalue weighted by Crippen LogP contribution is -2.37. The van der Waals surface area contributed by atoms with Crippen LogP contribution in [0.25, 0.3) is 11.0 Å². The Labute approximate surface area is 124 Å². The molecule has 4 heteroatoms. The number of imidazole rings is 1. The summed E-state index contributed by atoms with van der Waals surface area (Å²) in [5, 5.41) is 9.64. The van der Waals surface area contributed by atoms with Gasteiger partial charge in [-0.25, -0.2) is 9.78 Å². The molecule has 1 aliphatic carbocycles. The number of carboxylic acid groups (broad SMARTS) is 1. The average molecular weight is 286 g/mol. The average Bonchev–Trinajstić information content (AvgIpc) is 2.65. The van der Waals surface area contributed by atoms with Gasteiger partial charge in [0.05, 0.1) is 11.0 Å². The molecule has 1 N–H and O–H groups in total. The van der Waals surface area contributed by atoms with Crippen molar-refractivity contribution in [1.82, 2.24) is 9.55 Å². The lowest BCUT2D eigenvalue weighted by molar-refractivity contribution is -0.145. The monoisotopic (exact) mass is 286 g/mol. The number of aryl methyl sites for hydroxylation is 2. The summed E-state index contributed by atoms with van der Waals surface area (Å²) in [6.45, 7) is 7.64. The molecule has 2 aromatic rings. The van der Waals surface area contributed by atoms with Crippen molar-refractivity contribution >= 4 is 17.0 Å². The molecule has 0 atom stereocenters. The van der Waals surface area contributed by atoms with Gasteiger partial charge >= 0.3 is 5.97 Å². The van der Waals surface area contributed by atoms with Gasteiger partial charge in [-0.1, -0.05) is 6.42 Å². The Morgan fingerprint density at radius 3 is 2.43 bits per heavy atom. The normalized spacial score (nSPS) is 16.2. The molecule has 4 nitrogen and oxygen atoms in total. The first-order valence-corrected chi connectivity index (χ1v) is 7.56. The van der Waals surface area contributed by atoms with E-state index in [9.17, 15) is 9.90 Å². The topological polar surface area (TPSA) is 55.1 Å². The van der Waals surface area contributed by atoms with Crippen molar-refractivity contribution in [2.75, 3.05) is 0 Å². The Bertz CT molecular complexity index is 724. The minimum Gasteiger partial charge on any atom is -0.480 e. The van der Waals surface area contributed by atoms with E-state index in [1.165, 1.54) is 17.5 Å². The van der Waals surface area contributed by atoms with Crippen molar-refractivity contribution in [3.05, 3.63) is 29.1 Å². The van der Waals surface area contributed by atoms with Gasteiger partial charge in [-0.2, -0.15) is 0 Å². The molecule has 0 amide bonds. The van der Waals surface area contributed by atoms with Crippen LogP contribution in [-0.2, 0) is 10.3 Å². The summed E-state index contributed by atoms with van der Waals surface area (Å²) < 4.78 is 1.95. The number of carboxylic acids is 1. The molecule has 1 aromatic carbocycles. The molecule has 0 spiro atoms. The predicted molar refractivity (Wildman–Crippen MR) is 82.8 cm³/mol. The molecule has 1 saturated carbocycles. The van der Waals surface area contributed by atoms with Crippen LogP contribution in [0.4, 0.5) is 0 Å². The summed E-state index contributed by atoms with van der Waals surface area (Å²) in [7, 11) is 0. The number of aliphatic carboxylic acids is 1. The maximum atomic E-state index is 11.7. The maximum absolute atomic E-state index is 11.7. The fraction of sp³-hybridized carbons (Fsp3) is 0.529. The Morgan fingerprint density at radius 1 is 1.29 bits per heavy atom. The molecule has 0 saturated heterocycles. The Morgan fingerprint density at radius 2 is 1.90 bits per heavy atom. The first kappa shape index (κ1) is 14.1. The highest BCUT2D eigenvalue weighted by atomic mass is 16.4.